The Balaban J connectivity index is 2.71. The topological polar surface area (TPSA) is 86.6 Å². The van der Waals surface area contributed by atoms with Gasteiger partial charge in [0.15, 0.2) is 0 Å². The van der Waals surface area contributed by atoms with Crippen molar-refractivity contribution >= 4 is 11.9 Å². The summed E-state index contributed by atoms with van der Waals surface area (Å²) in [7, 11) is 0. The molecule has 5 nitrogen and oxygen atoms in total. The number of rotatable bonds is 4. The first-order valence-electron chi connectivity index (χ1n) is 6.00. The van der Waals surface area contributed by atoms with Crippen molar-refractivity contribution < 1.29 is 19.8 Å². The van der Waals surface area contributed by atoms with E-state index >= 15 is 0 Å². The number of phenolic OH excluding ortho intramolecular Hbond substituents is 1. The number of hydrogen-bond donors (Lipinski definition) is 3. The summed E-state index contributed by atoms with van der Waals surface area (Å²) in [5.41, 5.74) is 0.0656. The SMILES string of the molecule is CC(C)(C)[C@H](NC(=O)Cc1cccc(O)c1)C(=O)O. The first-order valence-corrected chi connectivity index (χ1v) is 6.00. The lowest BCUT2D eigenvalue weighted by molar-refractivity contribution is -0.144. The van der Waals surface area contributed by atoms with Crippen LogP contribution in [0, 0.1) is 5.41 Å². The Kier molecular flexibility index (Phi) is 4.53. The van der Waals surface area contributed by atoms with Crippen LogP contribution in [0.15, 0.2) is 24.3 Å². The monoisotopic (exact) mass is 265 g/mol. The molecule has 0 radical (unpaired) electrons. The third-order valence-electron chi connectivity index (χ3n) is 2.69. The van der Waals surface area contributed by atoms with E-state index in [4.69, 9.17) is 5.11 Å². The van der Waals surface area contributed by atoms with Crippen molar-refractivity contribution in [1.29, 1.82) is 0 Å². The van der Waals surface area contributed by atoms with Crippen LogP contribution in [0.25, 0.3) is 0 Å². The molecule has 0 aliphatic heterocycles. The van der Waals surface area contributed by atoms with Gasteiger partial charge in [-0.15, -0.1) is 0 Å². The molecule has 0 aliphatic rings. The Labute approximate surface area is 112 Å². The van der Waals surface area contributed by atoms with Gasteiger partial charge in [0.1, 0.15) is 11.8 Å². The third kappa shape index (κ3) is 4.62. The van der Waals surface area contributed by atoms with E-state index in [0.717, 1.165) is 0 Å². The molecule has 0 spiro atoms. The van der Waals surface area contributed by atoms with Gasteiger partial charge in [-0.25, -0.2) is 4.79 Å². The number of hydrogen-bond acceptors (Lipinski definition) is 3. The maximum atomic E-state index is 11.8. The van der Waals surface area contributed by atoms with E-state index in [1.807, 2.05) is 0 Å². The van der Waals surface area contributed by atoms with Gasteiger partial charge in [-0.05, 0) is 23.1 Å². The van der Waals surface area contributed by atoms with Gasteiger partial charge in [0.2, 0.25) is 5.91 Å². The Morgan fingerprint density at radius 1 is 1.32 bits per heavy atom. The maximum absolute atomic E-state index is 11.8. The summed E-state index contributed by atoms with van der Waals surface area (Å²) in [6.45, 7) is 5.25. The first-order chi connectivity index (χ1) is 8.70. The van der Waals surface area contributed by atoms with Gasteiger partial charge in [-0.2, -0.15) is 0 Å². The fourth-order valence-electron chi connectivity index (χ4n) is 1.71. The van der Waals surface area contributed by atoms with Crippen molar-refractivity contribution in [3.63, 3.8) is 0 Å². The van der Waals surface area contributed by atoms with Crippen LogP contribution in [0.2, 0.25) is 0 Å². The molecule has 19 heavy (non-hydrogen) atoms. The Bertz CT molecular complexity index is 477. The largest absolute Gasteiger partial charge is 0.508 e. The van der Waals surface area contributed by atoms with Crippen LogP contribution >= 0.6 is 0 Å². The van der Waals surface area contributed by atoms with E-state index in [2.05, 4.69) is 5.32 Å². The fraction of sp³-hybridized carbons (Fsp3) is 0.429. The summed E-state index contributed by atoms with van der Waals surface area (Å²) in [6.07, 6.45) is 0.0360. The summed E-state index contributed by atoms with van der Waals surface area (Å²) in [6, 6.07) is 5.38. The number of nitrogens with one attached hydrogen (secondary N) is 1. The molecule has 1 atom stereocenters. The number of carbonyl (C=O) groups excluding carboxylic acids is 1. The normalized spacial score (nSPS) is 12.8. The zero-order valence-electron chi connectivity index (χ0n) is 11.3. The Morgan fingerprint density at radius 3 is 2.42 bits per heavy atom. The number of carboxylic acids is 1. The second-order valence-electron chi connectivity index (χ2n) is 5.55. The van der Waals surface area contributed by atoms with E-state index in [1.165, 1.54) is 12.1 Å². The van der Waals surface area contributed by atoms with Gasteiger partial charge in [0, 0.05) is 0 Å². The molecule has 1 aromatic rings. The second kappa shape index (κ2) is 5.73. The van der Waals surface area contributed by atoms with Crippen LogP contribution in [-0.2, 0) is 16.0 Å². The zero-order chi connectivity index (χ0) is 14.6. The molecule has 3 N–H and O–H groups in total. The molecule has 1 aromatic carbocycles. The minimum absolute atomic E-state index is 0.0360. The smallest absolute Gasteiger partial charge is 0.326 e. The van der Waals surface area contributed by atoms with Crippen LogP contribution in [0.4, 0.5) is 0 Å². The lowest BCUT2D eigenvalue weighted by atomic mass is 9.86. The van der Waals surface area contributed by atoms with Crippen molar-refractivity contribution in [3.8, 4) is 5.75 Å². The highest BCUT2D eigenvalue weighted by Crippen LogP contribution is 2.19. The van der Waals surface area contributed by atoms with E-state index in [0.29, 0.717) is 5.56 Å². The van der Waals surface area contributed by atoms with Crippen molar-refractivity contribution in [2.45, 2.75) is 33.2 Å². The van der Waals surface area contributed by atoms with E-state index in [9.17, 15) is 14.7 Å². The molecule has 0 fully saturated rings. The number of carbonyl (C=O) groups is 2. The number of benzene rings is 1. The van der Waals surface area contributed by atoms with Crippen molar-refractivity contribution in [1.82, 2.24) is 5.32 Å². The Hall–Kier alpha value is -2.04. The molecule has 0 saturated heterocycles. The highest BCUT2D eigenvalue weighted by Gasteiger charge is 2.32. The molecule has 0 heterocycles. The quantitative estimate of drug-likeness (QED) is 0.771. The predicted molar refractivity (Wildman–Crippen MR) is 70.8 cm³/mol. The molecule has 0 bridgehead atoms. The summed E-state index contributed by atoms with van der Waals surface area (Å²) >= 11 is 0. The molecule has 0 aromatic heterocycles. The Morgan fingerprint density at radius 2 is 1.95 bits per heavy atom. The first kappa shape index (κ1) is 15.0. The van der Waals surface area contributed by atoms with Crippen molar-refractivity contribution in [3.05, 3.63) is 29.8 Å². The number of amides is 1. The van der Waals surface area contributed by atoms with Gasteiger partial charge >= 0.3 is 5.97 Å². The molecular weight excluding hydrogens is 246 g/mol. The average molecular weight is 265 g/mol. The van der Waals surface area contributed by atoms with Crippen LogP contribution in [-0.4, -0.2) is 28.1 Å². The van der Waals surface area contributed by atoms with Gasteiger partial charge in [0.05, 0.1) is 6.42 Å². The number of phenols is 1. The molecule has 5 heteroatoms. The molecule has 104 valence electrons. The lowest BCUT2D eigenvalue weighted by Crippen LogP contribution is -2.49. The highest BCUT2D eigenvalue weighted by molar-refractivity contribution is 5.85. The molecule has 1 rings (SSSR count). The summed E-state index contributed by atoms with van der Waals surface area (Å²) in [5.74, 6) is -1.36. The highest BCUT2D eigenvalue weighted by atomic mass is 16.4. The van der Waals surface area contributed by atoms with Gasteiger partial charge in [0.25, 0.3) is 0 Å². The minimum Gasteiger partial charge on any atom is -0.508 e. The summed E-state index contributed by atoms with van der Waals surface area (Å²) < 4.78 is 0. The van der Waals surface area contributed by atoms with Crippen LogP contribution in [0.1, 0.15) is 26.3 Å². The van der Waals surface area contributed by atoms with Gasteiger partial charge in [-0.3, -0.25) is 4.79 Å². The number of carboxylic acid groups (broad SMARTS) is 1. The molecule has 1 amide bonds. The minimum atomic E-state index is -1.06. The molecular formula is C14H19NO4. The van der Waals surface area contributed by atoms with E-state index < -0.39 is 17.4 Å². The fourth-order valence-corrected chi connectivity index (χ4v) is 1.71. The van der Waals surface area contributed by atoms with Gasteiger partial charge in [-0.1, -0.05) is 32.9 Å². The number of aliphatic carboxylic acids is 1. The van der Waals surface area contributed by atoms with Crippen molar-refractivity contribution in [2.24, 2.45) is 5.41 Å². The maximum Gasteiger partial charge on any atom is 0.326 e. The standard InChI is InChI=1S/C14H19NO4/c1-14(2,3)12(13(18)19)15-11(17)8-9-5-4-6-10(16)7-9/h4-7,12,16H,8H2,1-3H3,(H,15,17)(H,18,19)/t12-/m1/s1. The van der Waals surface area contributed by atoms with Crippen LogP contribution in [0.5, 0.6) is 5.75 Å². The second-order valence-corrected chi connectivity index (χ2v) is 5.55. The third-order valence-corrected chi connectivity index (χ3v) is 2.69. The average Bonchev–Trinajstić information content (AvgIpc) is 2.24. The van der Waals surface area contributed by atoms with Crippen molar-refractivity contribution in [2.75, 3.05) is 0 Å². The number of aromatic hydroxyl groups is 1. The van der Waals surface area contributed by atoms with Gasteiger partial charge < -0.3 is 15.5 Å². The van der Waals surface area contributed by atoms with Crippen LogP contribution in [0.3, 0.4) is 0 Å². The lowest BCUT2D eigenvalue weighted by Gasteiger charge is -2.27. The van der Waals surface area contributed by atoms with E-state index in [-0.39, 0.29) is 18.1 Å². The molecule has 0 aliphatic carbocycles. The van der Waals surface area contributed by atoms with E-state index in [1.54, 1.807) is 32.9 Å². The van der Waals surface area contributed by atoms with Crippen LogP contribution < -0.4 is 5.32 Å². The summed E-state index contributed by atoms with van der Waals surface area (Å²) in [5, 5.41) is 20.9. The zero-order valence-corrected chi connectivity index (χ0v) is 11.3. The molecule has 0 unspecified atom stereocenters. The summed E-state index contributed by atoms with van der Waals surface area (Å²) in [4.78, 5) is 23.0. The predicted octanol–water partition coefficient (Wildman–Crippen LogP) is 1.55. The molecule has 0 saturated carbocycles.